The summed E-state index contributed by atoms with van der Waals surface area (Å²) in [5, 5.41) is 0. The molecule has 4 heteroatoms. The van der Waals surface area contributed by atoms with Crippen LogP contribution in [0, 0.1) is 20.8 Å². The van der Waals surface area contributed by atoms with Gasteiger partial charge in [0.1, 0.15) is 0 Å². The van der Waals surface area contributed by atoms with E-state index in [1.807, 2.05) is 25.1 Å². The van der Waals surface area contributed by atoms with Crippen molar-refractivity contribution in [3.63, 3.8) is 0 Å². The molecule has 2 heterocycles. The van der Waals surface area contributed by atoms with Crippen LogP contribution >= 0.6 is 0 Å². The Hall–Kier alpha value is -2.10. The maximum absolute atomic E-state index is 5.32. The fraction of sp³-hybridized carbons (Fsp3) is 0.333. The van der Waals surface area contributed by atoms with Crippen LogP contribution in [-0.4, -0.2) is 24.2 Å². The normalized spacial score (nSPS) is 10.4. The highest BCUT2D eigenvalue weighted by atomic mass is 16.5. The first-order chi connectivity index (χ1) is 9.06. The van der Waals surface area contributed by atoms with Gasteiger partial charge in [0.05, 0.1) is 25.5 Å². The lowest BCUT2D eigenvalue weighted by atomic mass is 10.1. The van der Waals surface area contributed by atoms with Crippen LogP contribution in [0.1, 0.15) is 16.8 Å². The summed E-state index contributed by atoms with van der Waals surface area (Å²) < 4.78 is 10.4. The van der Waals surface area contributed by atoms with Crippen molar-refractivity contribution >= 4 is 0 Å². The van der Waals surface area contributed by atoms with Crippen LogP contribution < -0.4 is 9.47 Å². The number of aryl methyl sites for hydroxylation is 2. The number of nitrogens with zero attached hydrogens (tertiary/aromatic N) is 2. The van der Waals surface area contributed by atoms with Crippen LogP contribution in [-0.2, 0) is 0 Å². The Morgan fingerprint density at radius 1 is 0.947 bits per heavy atom. The van der Waals surface area contributed by atoms with Gasteiger partial charge in [-0.1, -0.05) is 0 Å². The quantitative estimate of drug-likeness (QED) is 0.848. The molecule has 0 atom stereocenters. The molecular weight excluding hydrogens is 240 g/mol. The van der Waals surface area contributed by atoms with Crippen LogP contribution in [0.3, 0.4) is 0 Å². The Bertz CT molecular complexity index is 586. The minimum absolute atomic E-state index is 0.523. The smallest absolute Gasteiger partial charge is 0.225 e. The average molecular weight is 258 g/mol. The van der Waals surface area contributed by atoms with E-state index in [-0.39, 0.29) is 0 Å². The van der Waals surface area contributed by atoms with Crippen LogP contribution in [0.4, 0.5) is 0 Å². The number of ether oxygens (including phenoxy) is 2. The van der Waals surface area contributed by atoms with Crippen molar-refractivity contribution in [2.45, 2.75) is 20.8 Å². The van der Waals surface area contributed by atoms with Crippen molar-refractivity contribution in [2.24, 2.45) is 0 Å². The minimum atomic E-state index is 0.523. The predicted molar refractivity (Wildman–Crippen MR) is 74.8 cm³/mol. The molecule has 0 aliphatic heterocycles. The van der Waals surface area contributed by atoms with Crippen LogP contribution in [0.15, 0.2) is 18.2 Å². The molecule has 0 amide bonds. The summed E-state index contributed by atoms with van der Waals surface area (Å²) in [5.41, 5.74) is 5.18. The van der Waals surface area contributed by atoms with E-state index in [2.05, 4.69) is 23.8 Å². The lowest BCUT2D eigenvalue weighted by molar-refractivity contribution is 0.366. The maximum Gasteiger partial charge on any atom is 0.225 e. The highest BCUT2D eigenvalue weighted by molar-refractivity contribution is 5.66. The van der Waals surface area contributed by atoms with Crippen molar-refractivity contribution < 1.29 is 9.47 Å². The van der Waals surface area contributed by atoms with Crippen molar-refractivity contribution in [1.29, 1.82) is 0 Å². The topological polar surface area (TPSA) is 44.2 Å². The Balaban J connectivity index is 2.58. The number of pyridine rings is 2. The Kier molecular flexibility index (Phi) is 3.69. The van der Waals surface area contributed by atoms with E-state index in [4.69, 9.17) is 9.47 Å². The standard InChI is InChI=1S/C15H18N2O2/c1-9-8-13(16-11(3)10(9)2)12-6-7-14(18-4)17-15(12)19-5/h6-8H,1-5H3. The van der Waals surface area contributed by atoms with Crippen molar-refractivity contribution in [1.82, 2.24) is 9.97 Å². The second kappa shape index (κ2) is 5.26. The first kappa shape index (κ1) is 13.3. The Labute approximate surface area is 113 Å². The molecule has 0 unspecified atom stereocenters. The SMILES string of the molecule is COc1ccc(-c2cc(C)c(C)c(C)n2)c(OC)n1. The summed E-state index contributed by atoms with van der Waals surface area (Å²) >= 11 is 0. The highest BCUT2D eigenvalue weighted by Gasteiger charge is 2.12. The lowest BCUT2D eigenvalue weighted by Crippen LogP contribution is -1.98. The van der Waals surface area contributed by atoms with E-state index in [1.165, 1.54) is 11.1 Å². The number of hydrogen-bond acceptors (Lipinski definition) is 4. The van der Waals surface area contributed by atoms with Gasteiger partial charge in [-0.15, -0.1) is 0 Å². The number of hydrogen-bond donors (Lipinski definition) is 0. The summed E-state index contributed by atoms with van der Waals surface area (Å²) in [5.74, 6) is 1.05. The van der Waals surface area contributed by atoms with E-state index in [9.17, 15) is 0 Å². The van der Waals surface area contributed by atoms with Gasteiger partial charge in [0.25, 0.3) is 0 Å². The van der Waals surface area contributed by atoms with Gasteiger partial charge in [0.2, 0.25) is 11.8 Å². The monoisotopic (exact) mass is 258 g/mol. The Morgan fingerprint density at radius 3 is 2.26 bits per heavy atom. The van der Waals surface area contributed by atoms with Gasteiger partial charge in [0, 0.05) is 11.8 Å². The number of aromatic nitrogens is 2. The second-order valence-electron chi connectivity index (χ2n) is 4.45. The molecule has 100 valence electrons. The van der Waals surface area contributed by atoms with Crippen molar-refractivity contribution in [3.05, 3.63) is 35.0 Å². The van der Waals surface area contributed by atoms with Crippen molar-refractivity contribution in [3.8, 4) is 23.0 Å². The average Bonchev–Trinajstić information content (AvgIpc) is 2.43. The van der Waals surface area contributed by atoms with E-state index in [0.717, 1.165) is 17.0 Å². The fourth-order valence-electron chi connectivity index (χ4n) is 1.92. The molecule has 2 aromatic rings. The molecule has 0 bridgehead atoms. The zero-order valence-corrected chi connectivity index (χ0v) is 11.9. The van der Waals surface area contributed by atoms with Gasteiger partial charge in [-0.3, -0.25) is 4.98 Å². The molecule has 19 heavy (non-hydrogen) atoms. The lowest BCUT2D eigenvalue weighted by Gasteiger charge is -2.11. The molecule has 0 N–H and O–H groups in total. The summed E-state index contributed by atoms with van der Waals surface area (Å²) in [6.45, 7) is 6.16. The van der Waals surface area contributed by atoms with Gasteiger partial charge in [-0.05, 0) is 44.0 Å². The zero-order chi connectivity index (χ0) is 14.0. The van der Waals surface area contributed by atoms with E-state index in [1.54, 1.807) is 14.2 Å². The summed E-state index contributed by atoms with van der Waals surface area (Å²) in [7, 11) is 3.18. The highest BCUT2D eigenvalue weighted by Crippen LogP contribution is 2.30. The molecule has 2 rings (SSSR count). The predicted octanol–water partition coefficient (Wildman–Crippen LogP) is 3.09. The van der Waals surface area contributed by atoms with Crippen LogP contribution in [0.25, 0.3) is 11.3 Å². The molecular formula is C15H18N2O2. The zero-order valence-electron chi connectivity index (χ0n) is 11.9. The van der Waals surface area contributed by atoms with E-state index >= 15 is 0 Å². The number of methoxy groups -OCH3 is 2. The van der Waals surface area contributed by atoms with Gasteiger partial charge < -0.3 is 9.47 Å². The number of rotatable bonds is 3. The van der Waals surface area contributed by atoms with Gasteiger partial charge in [0.15, 0.2) is 0 Å². The van der Waals surface area contributed by atoms with Crippen LogP contribution in [0.5, 0.6) is 11.8 Å². The molecule has 0 aliphatic carbocycles. The van der Waals surface area contributed by atoms with E-state index < -0.39 is 0 Å². The molecule has 0 saturated carbocycles. The van der Waals surface area contributed by atoms with E-state index in [0.29, 0.717) is 11.8 Å². The molecule has 0 saturated heterocycles. The maximum atomic E-state index is 5.32. The Morgan fingerprint density at radius 2 is 1.68 bits per heavy atom. The third kappa shape index (κ3) is 2.52. The summed E-state index contributed by atoms with van der Waals surface area (Å²) in [4.78, 5) is 8.89. The van der Waals surface area contributed by atoms with Gasteiger partial charge in [-0.2, -0.15) is 4.98 Å². The third-order valence-corrected chi connectivity index (χ3v) is 3.29. The molecule has 0 aromatic carbocycles. The van der Waals surface area contributed by atoms with Gasteiger partial charge in [-0.25, -0.2) is 0 Å². The molecule has 2 aromatic heterocycles. The second-order valence-corrected chi connectivity index (χ2v) is 4.45. The summed E-state index contributed by atoms with van der Waals surface area (Å²) in [6, 6.07) is 5.78. The minimum Gasteiger partial charge on any atom is -0.481 e. The van der Waals surface area contributed by atoms with Gasteiger partial charge >= 0.3 is 0 Å². The third-order valence-electron chi connectivity index (χ3n) is 3.29. The van der Waals surface area contributed by atoms with Crippen molar-refractivity contribution in [2.75, 3.05) is 14.2 Å². The fourth-order valence-corrected chi connectivity index (χ4v) is 1.92. The first-order valence-electron chi connectivity index (χ1n) is 6.11. The first-order valence-corrected chi connectivity index (χ1v) is 6.11. The van der Waals surface area contributed by atoms with Crippen LogP contribution in [0.2, 0.25) is 0 Å². The molecule has 0 fully saturated rings. The summed E-state index contributed by atoms with van der Waals surface area (Å²) in [6.07, 6.45) is 0. The molecule has 0 aliphatic rings. The molecule has 0 radical (unpaired) electrons. The molecule has 4 nitrogen and oxygen atoms in total. The largest absolute Gasteiger partial charge is 0.481 e. The molecule has 0 spiro atoms.